The summed E-state index contributed by atoms with van der Waals surface area (Å²) in [5, 5.41) is 4.37. The van der Waals surface area contributed by atoms with Gasteiger partial charge >= 0.3 is 5.97 Å². The van der Waals surface area contributed by atoms with Crippen molar-refractivity contribution in [1.29, 1.82) is 0 Å². The molecular formula is C19H20N4O2. The molecule has 1 fully saturated rings. The van der Waals surface area contributed by atoms with Crippen LogP contribution in [-0.2, 0) is 4.74 Å². The number of hydrogen-bond donors (Lipinski definition) is 0. The van der Waals surface area contributed by atoms with E-state index in [0.29, 0.717) is 17.8 Å². The summed E-state index contributed by atoms with van der Waals surface area (Å²) in [6.45, 7) is 4.31. The fourth-order valence-electron chi connectivity index (χ4n) is 3.30. The monoisotopic (exact) mass is 336 g/mol. The predicted octanol–water partition coefficient (Wildman–Crippen LogP) is 3.17. The summed E-state index contributed by atoms with van der Waals surface area (Å²) >= 11 is 0. The minimum absolute atomic E-state index is 0.327. The molecule has 0 amide bonds. The Hall–Kier alpha value is -2.89. The maximum Gasteiger partial charge on any atom is 0.343 e. The quantitative estimate of drug-likeness (QED) is 0.685. The zero-order valence-electron chi connectivity index (χ0n) is 14.2. The molecule has 6 heteroatoms. The summed E-state index contributed by atoms with van der Waals surface area (Å²) in [5.41, 5.74) is 4.08. The van der Waals surface area contributed by atoms with Crippen LogP contribution in [-0.4, -0.2) is 40.3 Å². The van der Waals surface area contributed by atoms with E-state index in [2.05, 4.69) is 39.2 Å². The molecule has 0 unspecified atom stereocenters. The molecular weight excluding hydrogens is 316 g/mol. The second-order valence-corrected chi connectivity index (χ2v) is 6.09. The third-order valence-corrected chi connectivity index (χ3v) is 4.51. The smallest absolute Gasteiger partial charge is 0.343 e. The van der Waals surface area contributed by atoms with Gasteiger partial charge in [-0.25, -0.2) is 14.3 Å². The molecule has 0 aliphatic carbocycles. The van der Waals surface area contributed by atoms with Gasteiger partial charge in [-0.3, -0.25) is 0 Å². The molecule has 3 heterocycles. The molecule has 0 saturated carbocycles. The molecule has 0 N–H and O–H groups in total. The molecule has 3 aromatic rings. The van der Waals surface area contributed by atoms with Crippen molar-refractivity contribution in [3.05, 3.63) is 48.3 Å². The Kier molecular flexibility index (Phi) is 4.09. The first-order chi connectivity index (χ1) is 12.3. The van der Waals surface area contributed by atoms with E-state index in [-0.39, 0.29) is 0 Å². The second kappa shape index (κ2) is 6.55. The molecule has 128 valence electrons. The van der Waals surface area contributed by atoms with Crippen LogP contribution in [0.5, 0.6) is 0 Å². The number of aromatic nitrogens is 3. The van der Waals surface area contributed by atoms with Crippen molar-refractivity contribution in [3.63, 3.8) is 0 Å². The van der Waals surface area contributed by atoms with Crippen molar-refractivity contribution in [2.24, 2.45) is 0 Å². The van der Waals surface area contributed by atoms with Gasteiger partial charge in [-0.2, -0.15) is 5.10 Å². The van der Waals surface area contributed by atoms with Gasteiger partial charge in [0.05, 0.1) is 18.5 Å². The lowest BCUT2D eigenvalue weighted by Gasteiger charge is -2.18. The fraction of sp³-hybridized carbons (Fsp3) is 0.316. The molecule has 4 rings (SSSR count). The highest BCUT2D eigenvalue weighted by Gasteiger charge is 2.18. The van der Waals surface area contributed by atoms with E-state index in [1.165, 1.54) is 24.7 Å². The largest absolute Gasteiger partial charge is 0.462 e. The maximum absolute atomic E-state index is 12.1. The van der Waals surface area contributed by atoms with Crippen LogP contribution in [0.1, 0.15) is 30.1 Å². The van der Waals surface area contributed by atoms with Gasteiger partial charge < -0.3 is 9.64 Å². The first kappa shape index (κ1) is 15.6. The highest BCUT2D eigenvalue weighted by atomic mass is 16.5. The zero-order chi connectivity index (χ0) is 17.2. The Balaban J connectivity index is 1.77. The molecule has 1 aromatic carbocycles. The molecule has 6 nitrogen and oxygen atoms in total. The van der Waals surface area contributed by atoms with Crippen LogP contribution in [0.4, 0.5) is 5.69 Å². The molecule has 0 spiro atoms. The number of rotatable bonds is 4. The molecule has 1 saturated heterocycles. The number of fused-ring (bicyclic) bond motifs is 1. The van der Waals surface area contributed by atoms with Crippen LogP contribution in [0.25, 0.3) is 16.9 Å². The normalized spacial score (nSPS) is 14.2. The summed E-state index contributed by atoms with van der Waals surface area (Å²) in [6, 6.07) is 10.3. The predicted molar refractivity (Wildman–Crippen MR) is 95.8 cm³/mol. The summed E-state index contributed by atoms with van der Waals surface area (Å²) < 4.78 is 6.79. The number of ether oxygens (including phenoxy) is 1. The number of esters is 1. The Morgan fingerprint density at radius 2 is 2.08 bits per heavy atom. The summed E-state index contributed by atoms with van der Waals surface area (Å²) in [7, 11) is 0. The van der Waals surface area contributed by atoms with Crippen molar-refractivity contribution in [1.82, 2.24) is 14.6 Å². The summed E-state index contributed by atoms with van der Waals surface area (Å²) in [5.74, 6) is -0.395. The van der Waals surface area contributed by atoms with Gasteiger partial charge in [0.15, 0.2) is 5.65 Å². The first-order valence-corrected chi connectivity index (χ1v) is 8.63. The molecule has 1 aliphatic heterocycles. The first-order valence-electron chi connectivity index (χ1n) is 8.63. The Morgan fingerprint density at radius 1 is 1.24 bits per heavy atom. The molecule has 0 atom stereocenters. The van der Waals surface area contributed by atoms with Gasteiger partial charge in [0, 0.05) is 30.5 Å². The van der Waals surface area contributed by atoms with E-state index < -0.39 is 5.97 Å². The molecule has 0 radical (unpaired) electrons. The number of hydrogen-bond acceptors (Lipinski definition) is 5. The van der Waals surface area contributed by atoms with Crippen molar-refractivity contribution < 1.29 is 9.53 Å². The highest BCUT2D eigenvalue weighted by Crippen LogP contribution is 2.27. The lowest BCUT2D eigenvalue weighted by Crippen LogP contribution is -2.17. The average molecular weight is 336 g/mol. The third kappa shape index (κ3) is 2.84. The van der Waals surface area contributed by atoms with Crippen LogP contribution in [0.15, 0.2) is 42.7 Å². The van der Waals surface area contributed by atoms with E-state index in [1.807, 2.05) is 6.07 Å². The number of benzene rings is 1. The van der Waals surface area contributed by atoms with Crippen molar-refractivity contribution in [2.45, 2.75) is 19.8 Å². The molecule has 0 bridgehead atoms. The van der Waals surface area contributed by atoms with E-state index in [9.17, 15) is 4.79 Å². The van der Waals surface area contributed by atoms with Crippen molar-refractivity contribution in [3.8, 4) is 11.3 Å². The van der Waals surface area contributed by atoms with Gasteiger partial charge in [-0.05, 0) is 38.0 Å². The molecule has 2 aromatic heterocycles. The van der Waals surface area contributed by atoms with E-state index in [1.54, 1.807) is 17.6 Å². The summed E-state index contributed by atoms with van der Waals surface area (Å²) in [6.07, 6.45) is 5.71. The van der Waals surface area contributed by atoms with Gasteiger partial charge in [0.2, 0.25) is 0 Å². The van der Waals surface area contributed by atoms with E-state index in [4.69, 9.17) is 4.74 Å². The Morgan fingerprint density at radius 3 is 2.88 bits per heavy atom. The van der Waals surface area contributed by atoms with Gasteiger partial charge in [-0.1, -0.05) is 12.1 Å². The number of carbonyl (C=O) groups excluding carboxylic acids is 1. The Labute approximate surface area is 146 Å². The lowest BCUT2D eigenvalue weighted by molar-refractivity contribution is 0.0528. The van der Waals surface area contributed by atoms with Crippen LogP contribution in [0.2, 0.25) is 0 Å². The average Bonchev–Trinajstić information content (AvgIpc) is 3.31. The molecule has 25 heavy (non-hydrogen) atoms. The van der Waals surface area contributed by atoms with Crippen LogP contribution in [0, 0.1) is 0 Å². The summed E-state index contributed by atoms with van der Waals surface area (Å²) in [4.78, 5) is 18.8. The standard InChI is InChI=1S/C19H20N4O2/c1-2-25-19(24)16-13-21-23-17(8-9-20-18(16)23)14-6-5-7-15(12-14)22-10-3-4-11-22/h5-9,12-13H,2-4,10-11H2,1H3. The van der Waals surface area contributed by atoms with Crippen LogP contribution >= 0.6 is 0 Å². The second-order valence-electron chi connectivity index (χ2n) is 6.09. The van der Waals surface area contributed by atoms with E-state index >= 15 is 0 Å². The maximum atomic E-state index is 12.1. The SMILES string of the molecule is CCOC(=O)c1cnn2c(-c3cccc(N4CCCC4)c3)ccnc12. The number of nitrogens with zero attached hydrogens (tertiary/aromatic N) is 4. The topological polar surface area (TPSA) is 59.7 Å². The third-order valence-electron chi connectivity index (χ3n) is 4.51. The van der Waals surface area contributed by atoms with Crippen molar-refractivity contribution >= 4 is 17.3 Å². The van der Waals surface area contributed by atoms with Gasteiger partial charge in [0.25, 0.3) is 0 Å². The number of anilines is 1. The molecule has 1 aliphatic rings. The van der Waals surface area contributed by atoms with E-state index in [0.717, 1.165) is 24.3 Å². The fourth-order valence-corrected chi connectivity index (χ4v) is 3.30. The highest BCUT2D eigenvalue weighted by molar-refractivity contribution is 5.96. The lowest BCUT2D eigenvalue weighted by atomic mass is 10.1. The zero-order valence-corrected chi connectivity index (χ0v) is 14.2. The van der Waals surface area contributed by atoms with Crippen molar-refractivity contribution in [2.75, 3.05) is 24.6 Å². The minimum atomic E-state index is -0.395. The number of carbonyl (C=O) groups is 1. The Bertz CT molecular complexity index is 913. The van der Waals surface area contributed by atoms with Gasteiger partial charge in [-0.15, -0.1) is 0 Å². The van der Waals surface area contributed by atoms with Crippen LogP contribution < -0.4 is 4.90 Å². The van der Waals surface area contributed by atoms with Crippen LogP contribution in [0.3, 0.4) is 0 Å². The van der Waals surface area contributed by atoms with Gasteiger partial charge in [0.1, 0.15) is 5.56 Å². The minimum Gasteiger partial charge on any atom is -0.462 e.